The van der Waals surface area contributed by atoms with Gasteiger partial charge in [0.1, 0.15) is 0 Å². The van der Waals surface area contributed by atoms with E-state index in [1.54, 1.807) is 0 Å². The van der Waals surface area contributed by atoms with Gasteiger partial charge in [-0.1, -0.05) is 12.1 Å². The summed E-state index contributed by atoms with van der Waals surface area (Å²) in [6, 6.07) is 8.48. The molecular weight excluding hydrogens is 222 g/mol. The van der Waals surface area contributed by atoms with Gasteiger partial charge in [-0.25, -0.2) is 0 Å². The van der Waals surface area contributed by atoms with E-state index in [4.69, 9.17) is 0 Å². The van der Waals surface area contributed by atoms with Gasteiger partial charge in [0.25, 0.3) is 0 Å². The minimum atomic E-state index is 0.145. The average molecular weight is 241 g/mol. The van der Waals surface area contributed by atoms with E-state index in [1.165, 1.54) is 5.56 Å². The second kappa shape index (κ2) is 5.27. The maximum atomic E-state index is 4.53. The van der Waals surface area contributed by atoms with E-state index < -0.39 is 0 Å². The molecule has 2 aromatic heterocycles. The summed E-state index contributed by atoms with van der Waals surface area (Å²) < 4.78 is 0. The van der Waals surface area contributed by atoms with Crippen LogP contribution in [0.3, 0.4) is 0 Å². The molecule has 0 spiro atoms. The van der Waals surface area contributed by atoms with Crippen molar-refractivity contribution >= 4 is 0 Å². The van der Waals surface area contributed by atoms with Crippen molar-refractivity contribution in [2.24, 2.45) is 0 Å². The first-order chi connectivity index (χ1) is 8.61. The molecule has 0 saturated carbocycles. The predicted octanol–water partition coefficient (Wildman–Crippen LogP) is 2.71. The summed E-state index contributed by atoms with van der Waals surface area (Å²) in [6.45, 7) is 6.06. The van der Waals surface area contributed by atoms with E-state index in [0.717, 1.165) is 22.6 Å². The van der Waals surface area contributed by atoms with Crippen LogP contribution in [0.1, 0.15) is 34.3 Å². The standard InChI is InChI=1S/C15H19N3/c1-10-5-7-13(9-17-10)15(16-4)14-8-6-11(2)18-12(14)3/h5-9,15-16H,1-4H3. The van der Waals surface area contributed by atoms with Gasteiger partial charge >= 0.3 is 0 Å². The van der Waals surface area contributed by atoms with E-state index in [1.807, 2.05) is 46.1 Å². The van der Waals surface area contributed by atoms with Gasteiger partial charge in [0.05, 0.1) is 6.04 Å². The zero-order valence-electron chi connectivity index (χ0n) is 11.4. The van der Waals surface area contributed by atoms with Crippen LogP contribution in [0.2, 0.25) is 0 Å². The SMILES string of the molecule is CNC(c1ccc(C)nc1)c1ccc(C)nc1C. The molecule has 0 saturated heterocycles. The Balaban J connectivity index is 2.41. The molecule has 1 atom stereocenters. The van der Waals surface area contributed by atoms with Crippen molar-refractivity contribution in [3.8, 4) is 0 Å². The van der Waals surface area contributed by atoms with Gasteiger partial charge in [0, 0.05) is 23.3 Å². The Kier molecular flexibility index (Phi) is 3.72. The van der Waals surface area contributed by atoms with Crippen LogP contribution in [0.25, 0.3) is 0 Å². The van der Waals surface area contributed by atoms with Gasteiger partial charge in [-0.2, -0.15) is 0 Å². The van der Waals surface area contributed by atoms with Crippen LogP contribution in [-0.2, 0) is 0 Å². The fourth-order valence-corrected chi connectivity index (χ4v) is 2.15. The van der Waals surface area contributed by atoms with Gasteiger partial charge in [-0.05, 0) is 51.1 Å². The molecule has 2 rings (SSSR count). The molecule has 0 aliphatic heterocycles. The third-order valence-corrected chi connectivity index (χ3v) is 3.13. The molecule has 1 N–H and O–H groups in total. The van der Waals surface area contributed by atoms with Crippen molar-refractivity contribution in [3.63, 3.8) is 0 Å². The minimum absolute atomic E-state index is 0.145. The normalized spacial score (nSPS) is 12.4. The Morgan fingerprint density at radius 3 is 2.28 bits per heavy atom. The maximum Gasteiger partial charge on any atom is 0.0607 e. The zero-order chi connectivity index (χ0) is 13.1. The summed E-state index contributed by atoms with van der Waals surface area (Å²) in [5, 5.41) is 3.33. The van der Waals surface area contributed by atoms with Crippen LogP contribution in [0.5, 0.6) is 0 Å². The van der Waals surface area contributed by atoms with Crippen molar-refractivity contribution in [3.05, 3.63) is 58.7 Å². The van der Waals surface area contributed by atoms with Crippen molar-refractivity contribution in [2.75, 3.05) is 7.05 Å². The highest BCUT2D eigenvalue weighted by Crippen LogP contribution is 2.23. The summed E-state index contributed by atoms with van der Waals surface area (Å²) in [7, 11) is 1.96. The number of aryl methyl sites for hydroxylation is 3. The third kappa shape index (κ3) is 2.57. The first-order valence-electron chi connectivity index (χ1n) is 6.16. The third-order valence-electron chi connectivity index (χ3n) is 3.13. The second-order valence-electron chi connectivity index (χ2n) is 4.58. The van der Waals surface area contributed by atoms with Gasteiger partial charge in [0.15, 0.2) is 0 Å². The number of hydrogen-bond donors (Lipinski definition) is 1. The molecule has 0 amide bonds. The minimum Gasteiger partial charge on any atom is -0.309 e. The van der Waals surface area contributed by atoms with Crippen molar-refractivity contribution < 1.29 is 0 Å². The topological polar surface area (TPSA) is 37.8 Å². The number of rotatable bonds is 3. The van der Waals surface area contributed by atoms with Gasteiger partial charge in [-0.3, -0.25) is 9.97 Å². The Morgan fingerprint density at radius 2 is 1.72 bits per heavy atom. The summed E-state index contributed by atoms with van der Waals surface area (Å²) in [6.07, 6.45) is 1.93. The van der Waals surface area contributed by atoms with E-state index >= 15 is 0 Å². The molecule has 0 aliphatic rings. The highest BCUT2D eigenvalue weighted by Gasteiger charge is 2.15. The smallest absolute Gasteiger partial charge is 0.0607 e. The molecule has 2 heterocycles. The van der Waals surface area contributed by atoms with Crippen LogP contribution in [-0.4, -0.2) is 17.0 Å². The predicted molar refractivity (Wildman–Crippen MR) is 73.6 cm³/mol. The number of nitrogens with zero attached hydrogens (tertiary/aromatic N) is 2. The maximum absolute atomic E-state index is 4.53. The Morgan fingerprint density at radius 1 is 1.00 bits per heavy atom. The largest absolute Gasteiger partial charge is 0.309 e. The lowest BCUT2D eigenvalue weighted by atomic mass is 9.98. The number of nitrogens with one attached hydrogen (secondary N) is 1. The molecule has 0 aliphatic carbocycles. The molecule has 0 bridgehead atoms. The van der Waals surface area contributed by atoms with Crippen LogP contribution >= 0.6 is 0 Å². The fourth-order valence-electron chi connectivity index (χ4n) is 2.15. The Hall–Kier alpha value is -1.74. The first-order valence-corrected chi connectivity index (χ1v) is 6.16. The van der Waals surface area contributed by atoms with E-state index in [9.17, 15) is 0 Å². The summed E-state index contributed by atoms with van der Waals surface area (Å²) in [5.74, 6) is 0. The molecule has 0 aromatic carbocycles. The van der Waals surface area contributed by atoms with Crippen LogP contribution in [0.4, 0.5) is 0 Å². The van der Waals surface area contributed by atoms with Crippen LogP contribution in [0.15, 0.2) is 30.5 Å². The summed E-state index contributed by atoms with van der Waals surface area (Å²) in [4.78, 5) is 8.89. The Labute approximate surface area is 108 Å². The second-order valence-corrected chi connectivity index (χ2v) is 4.58. The zero-order valence-corrected chi connectivity index (χ0v) is 11.4. The monoisotopic (exact) mass is 241 g/mol. The number of pyridine rings is 2. The summed E-state index contributed by atoms with van der Waals surface area (Å²) in [5.41, 5.74) is 5.51. The van der Waals surface area contributed by atoms with Crippen molar-refractivity contribution in [1.82, 2.24) is 15.3 Å². The molecular formula is C15H19N3. The lowest BCUT2D eigenvalue weighted by Gasteiger charge is -2.19. The summed E-state index contributed by atoms with van der Waals surface area (Å²) >= 11 is 0. The Bertz CT molecular complexity index is 532. The van der Waals surface area contributed by atoms with E-state index in [0.29, 0.717) is 0 Å². The van der Waals surface area contributed by atoms with E-state index in [2.05, 4.69) is 27.4 Å². The van der Waals surface area contributed by atoms with E-state index in [-0.39, 0.29) is 6.04 Å². The lowest BCUT2D eigenvalue weighted by molar-refractivity contribution is 0.678. The highest BCUT2D eigenvalue weighted by molar-refractivity contribution is 5.33. The van der Waals surface area contributed by atoms with Gasteiger partial charge < -0.3 is 5.32 Å². The quantitative estimate of drug-likeness (QED) is 0.897. The molecule has 18 heavy (non-hydrogen) atoms. The molecule has 1 unspecified atom stereocenters. The molecule has 3 nitrogen and oxygen atoms in total. The van der Waals surface area contributed by atoms with Crippen molar-refractivity contribution in [1.29, 1.82) is 0 Å². The first kappa shape index (κ1) is 12.7. The van der Waals surface area contributed by atoms with Crippen molar-refractivity contribution in [2.45, 2.75) is 26.8 Å². The van der Waals surface area contributed by atoms with Gasteiger partial charge in [-0.15, -0.1) is 0 Å². The molecule has 0 fully saturated rings. The molecule has 3 heteroatoms. The van der Waals surface area contributed by atoms with Gasteiger partial charge in [0.2, 0.25) is 0 Å². The van der Waals surface area contributed by atoms with Crippen LogP contribution < -0.4 is 5.32 Å². The average Bonchev–Trinajstić information content (AvgIpc) is 2.35. The lowest BCUT2D eigenvalue weighted by Crippen LogP contribution is -2.19. The number of hydrogen-bond acceptors (Lipinski definition) is 3. The fraction of sp³-hybridized carbons (Fsp3) is 0.333. The van der Waals surface area contributed by atoms with Crippen LogP contribution in [0, 0.1) is 20.8 Å². The molecule has 94 valence electrons. The highest BCUT2D eigenvalue weighted by atomic mass is 14.9. The molecule has 2 aromatic rings. The molecule has 0 radical (unpaired) electrons. The number of aromatic nitrogens is 2.